The maximum Gasteiger partial charge on any atom is 0.269 e. The summed E-state index contributed by atoms with van der Waals surface area (Å²) in [4.78, 5) is 29.3. The molecule has 32 heavy (non-hydrogen) atoms. The van der Waals surface area contributed by atoms with Gasteiger partial charge >= 0.3 is 0 Å². The number of hydrogen-bond acceptors (Lipinski definition) is 6. The Kier molecular flexibility index (Phi) is 7.29. The van der Waals surface area contributed by atoms with Crippen LogP contribution in [0.25, 0.3) is 5.65 Å². The molecule has 0 atom stereocenters. The van der Waals surface area contributed by atoms with E-state index in [-0.39, 0.29) is 12.3 Å². The van der Waals surface area contributed by atoms with Gasteiger partial charge in [-0.05, 0) is 57.4 Å². The first kappa shape index (κ1) is 23.1. The van der Waals surface area contributed by atoms with Crippen LogP contribution in [-0.4, -0.2) is 40.1 Å². The van der Waals surface area contributed by atoms with Crippen LogP contribution in [0.5, 0.6) is 11.5 Å². The lowest BCUT2D eigenvalue weighted by Crippen LogP contribution is -2.41. The van der Waals surface area contributed by atoms with E-state index in [1.54, 1.807) is 22.7 Å². The number of hydrazine groups is 1. The molecule has 2 aromatic heterocycles. The lowest BCUT2D eigenvalue weighted by atomic mass is 10.1. The highest BCUT2D eigenvalue weighted by Crippen LogP contribution is 2.28. The van der Waals surface area contributed by atoms with E-state index in [0.29, 0.717) is 30.1 Å². The minimum absolute atomic E-state index is 0.197. The van der Waals surface area contributed by atoms with Gasteiger partial charge in [-0.3, -0.25) is 20.4 Å². The number of fused-ring (bicyclic) bond motifs is 1. The van der Waals surface area contributed by atoms with E-state index in [4.69, 9.17) is 9.47 Å². The van der Waals surface area contributed by atoms with Crippen LogP contribution in [0.2, 0.25) is 0 Å². The number of rotatable bonds is 8. The molecule has 3 rings (SSSR count). The Labute approximate surface area is 187 Å². The normalized spacial score (nSPS) is 10.8. The van der Waals surface area contributed by atoms with Gasteiger partial charge in [-0.2, -0.15) is 5.10 Å². The first-order chi connectivity index (χ1) is 15.3. The summed E-state index contributed by atoms with van der Waals surface area (Å²) in [5, 5.41) is 4.45. The molecule has 0 unspecified atom stereocenters. The van der Waals surface area contributed by atoms with E-state index in [0.717, 1.165) is 34.7 Å². The average Bonchev–Trinajstić information content (AvgIpc) is 3.15. The van der Waals surface area contributed by atoms with Gasteiger partial charge in [0, 0.05) is 29.4 Å². The standard InChI is InChI=1S/C23H29N5O4/c1-6-11-32-19-9-7-17(13-20(19)31-5)23(30)26-25-22(29)10-8-18-15(3)24-21-12-14(2)27-28(21)16(18)4/h7,9,12-13H,6,8,10-11H2,1-5H3,(H,25,29)(H,26,30). The van der Waals surface area contributed by atoms with Crippen molar-refractivity contribution >= 4 is 17.5 Å². The zero-order valence-corrected chi connectivity index (χ0v) is 19.1. The Hall–Kier alpha value is -3.62. The highest BCUT2D eigenvalue weighted by Gasteiger charge is 2.15. The SMILES string of the molecule is CCCOc1ccc(C(=O)NNC(=O)CCc2c(C)nc3cc(C)nn3c2C)cc1OC. The molecule has 3 aromatic rings. The zero-order valence-electron chi connectivity index (χ0n) is 19.1. The number of ether oxygens (including phenoxy) is 2. The van der Waals surface area contributed by atoms with Crippen LogP contribution in [0.1, 0.15) is 52.8 Å². The number of nitrogens with zero attached hydrogens (tertiary/aromatic N) is 3. The van der Waals surface area contributed by atoms with Crippen LogP contribution >= 0.6 is 0 Å². The molecule has 0 aliphatic rings. The maximum absolute atomic E-state index is 12.4. The van der Waals surface area contributed by atoms with Crippen LogP contribution in [0.4, 0.5) is 0 Å². The Bertz CT molecular complexity index is 1140. The van der Waals surface area contributed by atoms with Gasteiger partial charge in [0.2, 0.25) is 5.91 Å². The maximum atomic E-state index is 12.4. The highest BCUT2D eigenvalue weighted by molar-refractivity contribution is 5.96. The van der Waals surface area contributed by atoms with Crippen molar-refractivity contribution in [2.75, 3.05) is 13.7 Å². The number of aromatic nitrogens is 3. The Balaban J connectivity index is 1.58. The molecular weight excluding hydrogens is 410 g/mol. The van der Waals surface area contributed by atoms with Crippen LogP contribution in [0.15, 0.2) is 24.3 Å². The van der Waals surface area contributed by atoms with Crippen molar-refractivity contribution in [1.82, 2.24) is 25.4 Å². The third kappa shape index (κ3) is 5.16. The molecule has 9 heteroatoms. The number of hydrogen-bond donors (Lipinski definition) is 2. The van der Waals surface area contributed by atoms with E-state index in [2.05, 4.69) is 20.9 Å². The summed E-state index contributed by atoms with van der Waals surface area (Å²) >= 11 is 0. The molecule has 0 saturated carbocycles. The highest BCUT2D eigenvalue weighted by atomic mass is 16.5. The fraction of sp³-hybridized carbons (Fsp3) is 0.391. The third-order valence-corrected chi connectivity index (χ3v) is 5.09. The number of amides is 2. The molecule has 0 spiro atoms. The predicted molar refractivity (Wildman–Crippen MR) is 120 cm³/mol. The molecule has 0 aliphatic carbocycles. The van der Waals surface area contributed by atoms with Gasteiger partial charge in [-0.25, -0.2) is 9.50 Å². The number of methoxy groups -OCH3 is 1. The molecule has 2 N–H and O–H groups in total. The van der Waals surface area contributed by atoms with Gasteiger partial charge in [-0.15, -0.1) is 0 Å². The second-order valence-corrected chi connectivity index (χ2v) is 7.53. The van der Waals surface area contributed by atoms with Crippen LogP contribution in [0, 0.1) is 20.8 Å². The summed E-state index contributed by atoms with van der Waals surface area (Å²) in [5.74, 6) is 0.281. The van der Waals surface area contributed by atoms with Crippen molar-refractivity contribution in [2.45, 2.75) is 47.0 Å². The third-order valence-electron chi connectivity index (χ3n) is 5.09. The van der Waals surface area contributed by atoms with E-state index in [9.17, 15) is 9.59 Å². The van der Waals surface area contributed by atoms with Gasteiger partial charge in [0.15, 0.2) is 17.1 Å². The summed E-state index contributed by atoms with van der Waals surface area (Å²) in [5.41, 5.74) is 9.72. The quantitative estimate of drug-likeness (QED) is 0.523. The van der Waals surface area contributed by atoms with Crippen molar-refractivity contribution in [3.05, 3.63) is 52.5 Å². The fourth-order valence-electron chi connectivity index (χ4n) is 3.44. The zero-order chi connectivity index (χ0) is 23.3. The fourth-order valence-corrected chi connectivity index (χ4v) is 3.44. The predicted octanol–water partition coefficient (Wildman–Crippen LogP) is 2.85. The summed E-state index contributed by atoms with van der Waals surface area (Å²) in [6.45, 7) is 8.36. The minimum atomic E-state index is -0.443. The van der Waals surface area contributed by atoms with Crippen molar-refractivity contribution in [3.63, 3.8) is 0 Å². The Morgan fingerprint density at radius 3 is 2.59 bits per heavy atom. The first-order valence-electron chi connectivity index (χ1n) is 10.6. The summed E-state index contributed by atoms with van der Waals surface area (Å²) in [7, 11) is 1.51. The van der Waals surface area contributed by atoms with E-state index >= 15 is 0 Å². The lowest BCUT2D eigenvalue weighted by molar-refractivity contribution is -0.121. The van der Waals surface area contributed by atoms with Gasteiger partial charge in [0.25, 0.3) is 5.91 Å². The van der Waals surface area contributed by atoms with Gasteiger partial charge in [-0.1, -0.05) is 6.92 Å². The summed E-state index contributed by atoms with van der Waals surface area (Å²) in [6, 6.07) is 6.79. The van der Waals surface area contributed by atoms with E-state index < -0.39 is 5.91 Å². The number of carbonyl (C=O) groups is 2. The number of benzene rings is 1. The molecule has 1 aromatic carbocycles. The monoisotopic (exact) mass is 439 g/mol. The van der Waals surface area contributed by atoms with Crippen LogP contribution < -0.4 is 20.3 Å². The van der Waals surface area contributed by atoms with Gasteiger partial charge in [0.05, 0.1) is 19.4 Å². The molecule has 9 nitrogen and oxygen atoms in total. The number of aryl methyl sites for hydroxylation is 3. The summed E-state index contributed by atoms with van der Waals surface area (Å²) in [6.07, 6.45) is 1.54. The number of nitrogens with one attached hydrogen (secondary N) is 2. The van der Waals surface area contributed by atoms with E-state index in [1.807, 2.05) is 33.8 Å². The van der Waals surface area contributed by atoms with Crippen LogP contribution in [-0.2, 0) is 11.2 Å². The summed E-state index contributed by atoms with van der Waals surface area (Å²) < 4.78 is 12.7. The largest absolute Gasteiger partial charge is 0.493 e. The topological polar surface area (TPSA) is 107 Å². The molecule has 0 aliphatic heterocycles. The van der Waals surface area contributed by atoms with E-state index in [1.165, 1.54) is 7.11 Å². The molecule has 0 fully saturated rings. The minimum Gasteiger partial charge on any atom is -0.493 e. The van der Waals surface area contributed by atoms with Crippen molar-refractivity contribution < 1.29 is 19.1 Å². The molecule has 170 valence electrons. The van der Waals surface area contributed by atoms with Crippen molar-refractivity contribution in [1.29, 1.82) is 0 Å². The molecule has 0 radical (unpaired) electrons. The molecule has 0 saturated heterocycles. The first-order valence-corrected chi connectivity index (χ1v) is 10.6. The van der Waals surface area contributed by atoms with Crippen molar-refractivity contribution in [3.8, 4) is 11.5 Å². The average molecular weight is 440 g/mol. The smallest absolute Gasteiger partial charge is 0.269 e. The molecule has 2 heterocycles. The van der Waals surface area contributed by atoms with Gasteiger partial charge in [0.1, 0.15) is 0 Å². The molecule has 0 bridgehead atoms. The van der Waals surface area contributed by atoms with Crippen LogP contribution in [0.3, 0.4) is 0 Å². The molecular formula is C23H29N5O4. The Morgan fingerprint density at radius 1 is 1.09 bits per heavy atom. The Morgan fingerprint density at radius 2 is 1.88 bits per heavy atom. The molecule has 2 amide bonds. The second kappa shape index (κ2) is 10.1. The lowest BCUT2D eigenvalue weighted by Gasteiger charge is -2.13. The van der Waals surface area contributed by atoms with Crippen molar-refractivity contribution in [2.24, 2.45) is 0 Å². The number of carbonyl (C=O) groups excluding carboxylic acids is 2. The second-order valence-electron chi connectivity index (χ2n) is 7.53. The van der Waals surface area contributed by atoms with Gasteiger partial charge < -0.3 is 9.47 Å².